The Hall–Kier alpha value is -1.97. The Labute approximate surface area is 163 Å². The lowest BCUT2D eigenvalue weighted by Crippen LogP contribution is -2.49. The normalized spacial score (nSPS) is 15.9. The van der Waals surface area contributed by atoms with E-state index in [-0.39, 0.29) is 17.5 Å². The zero-order valence-corrected chi connectivity index (χ0v) is 16.9. The number of amides is 1. The highest BCUT2D eigenvalue weighted by molar-refractivity contribution is 7.90. The number of hydrogen-bond acceptors (Lipinski definition) is 6. The molecule has 1 aromatic carbocycles. The van der Waals surface area contributed by atoms with Crippen LogP contribution in [0.1, 0.15) is 16.4 Å². The second kappa shape index (κ2) is 7.95. The van der Waals surface area contributed by atoms with Crippen LogP contribution in [-0.4, -0.2) is 83.6 Å². The van der Waals surface area contributed by atoms with Gasteiger partial charge in [0.25, 0.3) is 5.91 Å². The minimum Gasteiger partial charge on any atom is -0.333 e. The molecule has 1 fully saturated rings. The maximum atomic E-state index is 12.7. The predicted molar refractivity (Wildman–Crippen MR) is 103 cm³/mol. The van der Waals surface area contributed by atoms with E-state index in [1.54, 1.807) is 22.6 Å². The summed E-state index contributed by atoms with van der Waals surface area (Å²) in [6, 6.07) is 7.25. The molecule has 1 amide bonds. The number of carbonyl (C=O) groups is 1. The van der Waals surface area contributed by atoms with Crippen molar-refractivity contribution in [2.45, 2.75) is 6.92 Å². The number of aryl methyl sites for hydroxylation is 1. The Bertz CT molecular complexity index is 936. The molecule has 10 heteroatoms. The summed E-state index contributed by atoms with van der Waals surface area (Å²) in [7, 11) is -2.98. The molecule has 0 saturated carbocycles. The first-order valence-corrected chi connectivity index (χ1v) is 11.1. The molecule has 0 aliphatic carbocycles. The van der Waals surface area contributed by atoms with Gasteiger partial charge in [-0.1, -0.05) is 23.7 Å². The van der Waals surface area contributed by atoms with Gasteiger partial charge >= 0.3 is 0 Å². The number of benzene rings is 1. The van der Waals surface area contributed by atoms with E-state index < -0.39 is 9.84 Å². The van der Waals surface area contributed by atoms with Gasteiger partial charge in [0, 0.05) is 39.0 Å². The summed E-state index contributed by atoms with van der Waals surface area (Å²) in [4.78, 5) is 20.8. The Morgan fingerprint density at radius 3 is 2.48 bits per heavy atom. The second-order valence-corrected chi connectivity index (χ2v) is 9.28. The topological polar surface area (TPSA) is 88.4 Å². The molecule has 0 N–H and O–H groups in total. The number of hydrogen-bond donors (Lipinski definition) is 0. The Morgan fingerprint density at radius 1 is 1.19 bits per heavy atom. The summed E-state index contributed by atoms with van der Waals surface area (Å²) >= 11 is 6.21. The van der Waals surface area contributed by atoms with Gasteiger partial charge in [0.05, 0.1) is 16.5 Å². The van der Waals surface area contributed by atoms with Crippen LogP contribution in [0.25, 0.3) is 5.69 Å². The van der Waals surface area contributed by atoms with Gasteiger partial charge in [-0.2, -0.15) is 0 Å². The van der Waals surface area contributed by atoms with Gasteiger partial charge in [0.2, 0.25) is 5.82 Å². The van der Waals surface area contributed by atoms with Crippen LogP contribution >= 0.6 is 11.6 Å². The van der Waals surface area contributed by atoms with Crippen molar-refractivity contribution in [3.05, 3.63) is 40.9 Å². The van der Waals surface area contributed by atoms with Crippen LogP contribution in [0, 0.1) is 6.92 Å². The van der Waals surface area contributed by atoms with Crippen LogP contribution in [0.4, 0.5) is 0 Å². The SMILES string of the molecule is Cc1nc(C(=O)N2CCN(CCS(C)(=O)=O)CC2)nn1-c1ccccc1Cl. The molecular weight excluding hydrogens is 390 g/mol. The molecule has 1 aliphatic heterocycles. The molecule has 0 atom stereocenters. The van der Waals surface area contributed by atoms with Gasteiger partial charge in [0.1, 0.15) is 15.7 Å². The fourth-order valence-corrected chi connectivity index (χ4v) is 3.75. The molecule has 0 spiro atoms. The van der Waals surface area contributed by atoms with Crippen molar-refractivity contribution in [2.75, 3.05) is 44.7 Å². The maximum Gasteiger partial charge on any atom is 0.293 e. The monoisotopic (exact) mass is 411 g/mol. The van der Waals surface area contributed by atoms with E-state index in [4.69, 9.17) is 11.6 Å². The zero-order chi connectivity index (χ0) is 19.6. The van der Waals surface area contributed by atoms with Crippen molar-refractivity contribution in [1.29, 1.82) is 0 Å². The largest absolute Gasteiger partial charge is 0.333 e. The fourth-order valence-electron chi connectivity index (χ4n) is 2.94. The van der Waals surface area contributed by atoms with Crippen LogP contribution in [0.15, 0.2) is 24.3 Å². The van der Waals surface area contributed by atoms with Crippen LogP contribution in [-0.2, 0) is 9.84 Å². The van der Waals surface area contributed by atoms with Crippen LogP contribution in [0.5, 0.6) is 0 Å². The van der Waals surface area contributed by atoms with Gasteiger partial charge in [-0.3, -0.25) is 9.69 Å². The van der Waals surface area contributed by atoms with Crippen molar-refractivity contribution in [3.63, 3.8) is 0 Å². The first-order valence-electron chi connectivity index (χ1n) is 8.62. The van der Waals surface area contributed by atoms with E-state index >= 15 is 0 Å². The third-order valence-electron chi connectivity index (χ3n) is 4.48. The fraction of sp³-hybridized carbons (Fsp3) is 0.471. The molecule has 0 bridgehead atoms. The molecule has 1 aromatic heterocycles. The van der Waals surface area contributed by atoms with Gasteiger partial charge in [-0.25, -0.2) is 18.1 Å². The molecule has 1 saturated heterocycles. The number of halogens is 1. The molecule has 8 nitrogen and oxygen atoms in total. The standard InChI is InChI=1S/C17H22ClN5O3S/c1-13-19-16(20-23(13)15-6-4-3-5-14(15)18)17(24)22-9-7-21(8-10-22)11-12-27(2,25)26/h3-6H,7-12H2,1-2H3. The van der Waals surface area contributed by atoms with Crippen molar-refractivity contribution in [2.24, 2.45) is 0 Å². The van der Waals surface area contributed by atoms with Crippen molar-refractivity contribution < 1.29 is 13.2 Å². The zero-order valence-electron chi connectivity index (χ0n) is 15.3. The summed E-state index contributed by atoms with van der Waals surface area (Å²) in [5.41, 5.74) is 0.675. The number of carbonyl (C=O) groups excluding carboxylic acids is 1. The minimum absolute atomic E-state index is 0.129. The third-order valence-corrected chi connectivity index (χ3v) is 5.72. The number of aromatic nitrogens is 3. The van der Waals surface area contributed by atoms with Gasteiger partial charge in [-0.15, -0.1) is 5.10 Å². The second-order valence-electron chi connectivity index (χ2n) is 6.61. The molecule has 27 heavy (non-hydrogen) atoms. The maximum absolute atomic E-state index is 12.7. The Morgan fingerprint density at radius 2 is 1.85 bits per heavy atom. The van der Waals surface area contributed by atoms with Gasteiger partial charge in [0.15, 0.2) is 0 Å². The molecular formula is C17H22ClN5O3S. The van der Waals surface area contributed by atoms with Crippen LogP contribution < -0.4 is 0 Å². The average Bonchev–Trinajstić information content (AvgIpc) is 3.01. The molecule has 146 valence electrons. The third kappa shape index (κ3) is 4.85. The molecule has 0 radical (unpaired) electrons. The van der Waals surface area contributed by atoms with Crippen LogP contribution in [0.2, 0.25) is 5.02 Å². The molecule has 2 heterocycles. The Kier molecular flexibility index (Phi) is 5.83. The highest BCUT2D eigenvalue weighted by atomic mass is 35.5. The number of nitrogens with zero attached hydrogens (tertiary/aromatic N) is 5. The van der Waals surface area contributed by atoms with Crippen molar-refractivity contribution >= 4 is 27.3 Å². The number of para-hydroxylation sites is 1. The molecule has 3 rings (SSSR count). The summed E-state index contributed by atoms with van der Waals surface area (Å²) in [6.07, 6.45) is 1.23. The highest BCUT2D eigenvalue weighted by Gasteiger charge is 2.26. The first kappa shape index (κ1) is 19.8. The van der Waals surface area contributed by atoms with E-state index in [9.17, 15) is 13.2 Å². The first-order chi connectivity index (χ1) is 12.7. The highest BCUT2D eigenvalue weighted by Crippen LogP contribution is 2.20. The average molecular weight is 412 g/mol. The lowest BCUT2D eigenvalue weighted by atomic mass is 10.3. The predicted octanol–water partition coefficient (Wildman–Crippen LogP) is 1.03. The summed E-state index contributed by atoms with van der Waals surface area (Å²) in [5.74, 6) is 0.617. The summed E-state index contributed by atoms with van der Waals surface area (Å²) in [6.45, 7) is 4.55. The van der Waals surface area contributed by atoms with E-state index in [0.717, 1.165) is 0 Å². The Balaban J connectivity index is 1.66. The summed E-state index contributed by atoms with van der Waals surface area (Å²) < 4.78 is 24.1. The van der Waals surface area contributed by atoms with E-state index in [1.165, 1.54) is 6.26 Å². The number of sulfone groups is 1. The van der Waals surface area contributed by atoms with Crippen LogP contribution in [0.3, 0.4) is 0 Å². The quantitative estimate of drug-likeness (QED) is 0.730. The number of piperazine rings is 1. The molecule has 0 unspecified atom stereocenters. The molecule has 2 aromatic rings. The van der Waals surface area contributed by atoms with Crippen molar-refractivity contribution in [1.82, 2.24) is 24.6 Å². The van der Waals surface area contributed by atoms with Crippen molar-refractivity contribution in [3.8, 4) is 5.69 Å². The van der Waals surface area contributed by atoms with E-state index in [0.29, 0.717) is 49.3 Å². The number of rotatable bonds is 5. The lowest BCUT2D eigenvalue weighted by molar-refractivity contribution is 0.0632. The summed E-state index contributed by atoms with van der Waals surface area (Å²) in [5, 5.41) is 4.87. The smallest absolute Gasteiger partial charge is 0.293 e. The van der Waals surface area contributed by atoms with Gasteiger partial charge in [-0.05, 0) is 19.1 Å². The molecule has 1 aliphatic rings. The van der Waals surface area contributed by atoms with Gasteiger partial charge < -0.3 is 4.90 Å². The minimum atomic E-state index is -2.98. The lowest BCUT2D eigenvalue weighted by Gasteiger charge is -2.33. The van der Waals surface area contributed by atoms with E-state index in [2.05, 4.69) is 10.1 Å². The van der Waals surface area contributed by atoms with E-state index in [1.807, 2.05) is 23.1 Å².